The monoisotopic (exact) mass is 201 g/mol. The summed E-state index contributed by atoms with van der Waals surface area (Å²) >= 11 is 0. The maximum atomic E-state index is 5.83. The normalized spacial score (nSPS) is 30.2. The molecular formula is C11H23NO2. The fraction of sp³-hybridized carbons (Fsp3) is 1.00. The van der Waals surface area contributed by atoms with E-state index in [1.165, 1.54) is 19.3 Å². The van der Waals surface area contributed by atoms with Crippen molar-refractivity contribution in [3.63, 3.8) is 0 Å². The van der Waals surface area contributed by atoms with Gasteiger partial charge in [-0.1, -0.05) is 12.8 Å². The highest BCUT2D eigenvalue weighted by Gasteiger charge is 2.24. The topological polar surface area (TPSA) is 44.5 Å². The summed E-state index contributed by atoms with van der Waals surface area (Å²) in [5.41, 5.74) is 5.72. The van der Waals surface area contributed by atoms with E-state index in [2.05, 4.69) is 0 Å². The van der Waals surface area contributed by atoms with Crippen molar-refractivity contribution in [2.45, 2.75) is 44.8 Å². The largest absolute Gasteiger partial charge is 0.379 e. The second kappa shape index (κ2) is 6.38. The highest BCUT2D eigenvalue weighted by Crippen LogP contribution is 2.26. The van der Waals surface area contributed by atoms with Gasteiger partial charge in [-0.25, -0.2) is 0 Å². The van der Waals surface area contributed by atoms with E-state index >= 15 is 0 Å². The Morgan fingerprint density at radius 3 is 2.71 bits per heavy atom. The lowest BCUT2D eigenvalue weighted by Crippen LogP contribution is -2.34. The van der Waals surface area contributed by atoms with Crippen LogP contribution in [0.3, 0.4) is 0 Å². The molecule has 0 bridgehead atoms. The van der Waals surface area contributed by atoms with Gasteiger partial charge in [0.1, 0.15) is 0 Å². The minimum absolute atomic E-state index is 0.190. The van der Waals surface area contributed by atoms with Gasteiger partial charge in [0.05, 0.1) is 18.8 Å². The van der Waals surface area contributed by atoms with E-state index in [0.29, 0.717) is 18.6 Å². The van der Waals surface area contributed by atoms with Crippen LogP contribution in [0.25, 0.3) is 0 Å². The number of ether oxygens (including phenoxy) is 2. The van der Waals surface area contributed by atoms with Gasteiger partial charge < -0.3 is 15.2 Å². The van der Waals surface area contributed by atoms with Crippen molar-refractivity contribution in [2.24, 2.45) is 11.7 Å². The van der Waals surface area contributed by atoms with E-state index in [0.717, 1.165) is 13.0 Å². The lowest BCUT2D eigenvalue weighted by atomic mass is 9.86. The van der Waals surface area contributed by atoms with E-state index in [1.54, 1.807) is 7.11 Å². The second-order valence-corrected chi connectivity index (χ2v) is 4.20. The molecule has 14 heavy (non-hydrogen) atoms. The summed E-state index contributed by atoms with van der Waals surface area (Å²) in [5, 5.41) is 0. The highest BCUT2D eigenvalue weighted by molar-refractivity contribution is 4.76. The Morgan fingerprint density at radius 2 is 2.07 bits per heavy atom. The van der Waals surface area contributed by atoms with Gasteiger partial charge in [-0.05, 0) is 32.2 Å². The lowest BCUT2D eigenvalue weighted by Gasteiger charge is -2.31. The van der Waals surface area contributed by atoms with E-state index < -0.39 is 0 Å². The molecule has 3 heteroatoms. The van der Waals surface area contributed by atoms with Crippen LogP contribution in [-0.4, -0.2) is 32.5 Å². The first-order chi connectivity index (χ1) is 6.77. The van der Waals surface area contributed by atoms with Crippen LogP contribution < -0.4 is 5.73 Å². The molecule has 84 valence electrons. The quantitative estimate of drug-likeness (QED) is 0.734. The minimum atomic E-state index is 0.190. The summed E-state index contributed by atoms with van der Waals surface area (Å²) < 4.78 is 11.0. The van der Waals surface area contributed by atoms with E-state index in [4.69, 9.17) is 15.2 Å². The number of nitrogens with two attached hydrogens (primary N) is 1. The molecule has 3 atom stereocenters. The molecule has 2 N–H and O–H groups in total. The van der Waals surface area contributed by atoms with Crippen molar-refractivity contribution in [1.29, 1.82) is 0 Å². The van der Waals surface area contributed by atoms with Crippen LogP contribution in [-0.2, 0) is 9.47 Å². The third-order valence-electron chi connectivity index (χ3n) is 3.09. The van der Waals surface area contributed by atoms with Gasteiger partial charge in [-0.3, -0.25) is 0 Å². The Labute approximate surface area is 86.9 Å². The average Bonchev–Trinajstić information content (AvgIpc) is 2.26. The Bertz CT molecular complexity index is 152. The molecule has 1 aliphatic carbocycles. The van der Waals surface area contributed by atoms with Crippen molar-refractivity contribution in [3.05, 3.63) is 0 Å². The van der Waals surface area contributed by atoms with Crippen molar-refractivity contribution < 1.29 is 9.47 Å². The van der Waals surface area contributed by atoms with Crippen LogP contribution in [0, 0.1) is 5.92 Å². The maximum Gasteiger partial charge on any atom is 0.0776 e. The maximum absolute atomic E-state index is 5.83. The Hall–Kier alpha value is -0.120. The van der Waals surface area contributed by atoms with Crippen molar-refractivity contribution in [1.82, 2.24) is 0 Å². The van der Waals surface area contributed by atoms with Crippen molar-refractivity contribution in [3.8, 4) is 0 Å². The SMILES string of the molecule is COC(C)COC1CCCCC1CN. The number of rotatable bonds is 5. The molecule has 1 aliphatic rings. The van der Waals surface area contributed by atoms with Gasteiger partial charge in [0.15, 0.2) is 0 Å². The smallest absolute Gasteiger partial charge is 0.0776 e. The molecular weight excluding hydrogens is 178 g/mol. The zero-order valence-corrected chi connectivity index (χ0v) is 9.37. The predicted molar refractivity (Wildman–Crippen MR) is 57.2 cm³/mol. The number of methoxy groups -OCH3 is 1. The van der Waals surface area contributed by atoms with Gasteiger partial charge in [0, 0.05) is 7.11 Å². The van der Waals surface area contributed by atoms with E-state index in [9.17, 15) is 0 Å². The molecule has 0 saturated heterocycles. The first kappa shape index (κ1) is 12.0. The minimum Gasteiger partial charge on any atom is -0.379 e. The molecule has 0 spiro atoms. The van der Waals surface area contributed by atoms with Crippen LogP contribution >= 0.6 is 0 Å². The molecule has 1 rings (SSSR count). The lowest BCUT2D eigenvalue weighted by molar-refractivity contribution is -0.0536. The van der Waals surface area contributed by atoms with Crippen molar-refractivity contribution in [2.75, 3.05) is 20.3 Å². The second-order valence-electron chi connectivity index (χ2n) is 4.20. The van der Waals surface area contributed by atoms with Gasteiger partial charge >= 0.3 is 0 Å². The molecule has 0 aromatic carbocycles. The zero-order valence-electron chi connectivity index (χ0n) is 9.37. The average molecular weight is 201 g/mol. The van der Waals surface area contributed by atoms with Gasteiger partial charge in [-0.2, -0.15) is 0 Å². The van der Waals surface area contributed by atoms with Crippen LogP contribution in [0.5, 0.6) is 0 Å². The highest BCUT2D eigenvalue weighted by atomic mass is 16.5. The Morgan fingerprint density at radius 1 is 1.36 bits per heavy atom. The summed E-state index contributed by atoms with van der Waals surface area (Å²) in [5.74, 6) is 0.563. The standard InChI is InChI=1S/C11H23NO2/c1-9(13-2)8-14-11-6-4-3-5-10(11)7-12/h9-11H,3-8,12H2,1-2H3. The number of hydrogen-bond donors (Lipinski definition) is 1. The first-order valence-electron chi connectivity index (χ1n) is 5.62. The fourth-order valence-electron chi connectivity index (χ4n) is 1.99. The molecule has 0 aromatic rings. The van der Waals surface area contributed by atoms with Gasteiger partial charge in [-0.15, -0.1) is 0 Å². The van der Waals surface area contributed by atoms with E-state index in [1.807, 2.05) is 6.92 Å². The summed E-state index contributed by atoms with van der Waals surface area (Å²) in [6, 6.07) is 0. The molecule has 0 radical (unpaired) electrons. The summed E-state index contributed by atoms with van der Waals surface area (Å²) in [4.78, 5) is 0. The summed E-state index contributed by atoms with van der Waals surface area (Å²) in [6.45, 7) is 3.48. The molecule has 0 heterocycles. The third-order valence-corrected chi connectivity index (χ3v) is 3.09. The molecule has 0 amide bonds. The summed E-state index contributed by atoms with van der Waals surface area (Å²) in [7, 11) is 1.72. The van der Waals surface area contributed by atoms with E-state index in [-0.39, 0.29) is 6.10 Å². The Balaban J connectivity index is 2.26. The van der Waals surface area contributed by atoms with Gasteiger partial charge in [0.25, 0.3) is 0 Å². The Kier molecular flexibility index (Phi) is 5.45. The molecule has 1 saturated carbocycles. The molecule has 0 aromatic heterocycles. The first-order valence-corrected chi connectivity index (χ1v) is 5.62. The van der Waals surface area contributed by atoms with Crippen LogP contribution in [0.2, 0.25) is 0 Å². The third kappa shape index (κ3) is 3.56. The summed E-state index contributed by atoms with van der Waals surface area (Å²) in [6.07, 6.45) is 5.53. The fourth-order valence-corrected chi connectivity index (χ4v) is 1.99. The number of hydrogen-bond acceptors (Lipinski definition) is 3. The van der Waals surface area contributed by atoms with Crippen LogP contribution in [0.15, 0.2) is 0 Å². The van der Waals surface area contributed by atoms with Crippen LogP contribution in [0.4, 0.5) is 0 Å². The molecule has 0 aliphatic heterocycles. The van der Waals surface area contributed by atoms with Gasteiger partial charge in [0.2, 0.25) is 0 Å². The molecule has 1 fully saturated rings. The molecule has 3 unspecified atom stereocenters. The van der Waals surface area contributed by atoms with Crippen LogP contribution in [0.1, 0.15) is 32.6 Å². The predicted octanol–water partition coefficient (Wildman–Crippen LogP) is 1.56. The molecule has 3 nitrogen and oxygen atoms in total. The zero-order chi connectivity index (χ0) is 10.4. The van der Waals surface area contributed by atoms with Crippen molar-refractivity contribution >= 4 is 0 Å².